The first-order chi connectivity index (χ1) is 8.81. The summed E-state index contributed by atoms with van der Waals surface area (Å²) < 4.78 is 0. The van der Waals surface area contributed by atoms with Crippen molar-refractivity contribution in [2.75, 3.05) is 18.0 Å². The van der Waals surface area contributed by atoms with Gasteiger partial charge in [-0.15, -0.1) is 0 Å². The molecule has 9 heteroatoms. The predicted molar refractivity (Wildman–Crippen MR) is 69.9 cm³/mol. The third-order valence-electron chi connectivity index (χ3n) is 2.15. The van der Waals surface area contributed by atoms with Crippen LogP contribution in [0.25, 0.3) is 0 Å². The van der Waals surface area contributed by atoms with E-state index in [1.54, 1.807) is 0 Å². The van der Waals surface area contributed by atoms with Gasteiger partial charge >= 0.3 is 5.69 Å². The third-order valence-corrected chi connectivity index (χ3v) is 2.33. The van der Waals surface area contributed by atoms with E-state index in [0.717, 1.165) is 6.20 Å². The van der Waals surface area contributed by atoms with Gasteiger partial charge in [-0.2, -0.15) is 4.98 Å². The van der Waals surface area contributed by atoms with Crippen molar-refractivity contribution in [3.05, 3.63) is 21.6 Å². The monoisotopic (exact) mass is 287 g/mol. The van der Waals surface area contributed by atoms with Crippen molar-refractivity contribution in [2.24, 2.45) is 11.7 Å². The molecule has 104 valence electrons. The van der Waals surface area contributed by atoms with Crippen LogP contribution in [0.4, 0.5) is 11.5 Å². The van der Waals surface area contributed by atoms with Crippen molar-refractivity contribution in [1.82, 2.24) is 9.97 Å². The van der Waals surface area contributed by atoms with Crippen LogP contribution in [0.15, 0.2) is 6.20 Å². The van der Waals surface area contributed by atoms with Gasteiger partial charge in [-0.3, -0.25) is 14.9 Å². The molecule has 0 atom stereocenters. The first-order valence-electron chi connectivity index (χ1n) is 5.51. The minimum atomic E-state index is -0.625. The van der Waals surface area contributed by atoms with Crippen molar-refractivity contribution in [1.29, 1.82) is 0 Å². The van der Waals surface area contributed by atoms with E-state index in [-0.39, 0.29) is 29.3 Å². The number of nitrogens with zero attached hydrogens (tertiary/aromatic N) is 4. The third kappa shape index (κ3) is 4.32. The van der Waals surface area contributed by atoms with Crippen LogP contribution in [0.2, 0.25) is 5.28 Å². The highest BCUT2D eigenvalue weighted by Gasteiger charge is 2.24. The highest BCUT2D eigenvalue weighted by molar-refractivity contribution is 6.28. The molecule has 0 aromatic carbocycles. The highest BCUT2D eigenvalue weighted by Crippen LogP contribution is 2.26. The van der Waals surface area contributed by atoms with Crippen LogP contribution in [0.1, 0.15) is 13.8 Å². The standard InChI is InChI=1S/C10H14ClN5O3/c1-6(2)4-15(5-8(12)17)9-7(16(18)19)3-13-10(11)14-9/h3,6H,4-5H2,1-2H3,(H2,12,17). The van der Waals surface area contributed by atoms with Crippen molar-refractivity contribution in [2.45, 2.75) is 13.8 Å². The van der Waals surface area contributed by atoms with E-state index in [1.165, 1.54) is 4.90 Å². The van der Waals surface area contributed by atoms with Gasteiger partial charge in [-0.25, -0.2) is 4.98 Å². The quantitative estimate of drug-likeness (QED) is 0.474. The van der Waals surface area contributed by atoms with Gasteiger partial charge in [-0.1, -0.05) is 13.8 Å². The largest absolute Gasteiger partial charge is 0.368 e. The Balaban J connectivity index is 3.22. The first-order valence-corrected chi connectivity index (χ1v) is 5.89. The van der Waals surface area contributed by atoms with Gasteiger partial charge in [0.2, 0.25) is 17.0 Å². The Morgan fingerprint density at radius 1 is 1.63 bits per heavy atom. The number of primary amides is 1. The lowest BCUT2D eigenvalue weighted by atomic mass is 10.2. The Morgan fingerprint density at radius 3 is 2.74 bits per heavy atom. The SMILES string of the molecule is CC(C)CN(CC(N)=O)c1nc(Cl)ncc1[N+](=O)[O-]. The second-order valence-corrected chi connectivity index (χ2v) is 4.68. The van der Waals surface area contributed by atoms with E-state index >= 15 is 0 Å². The van der Waals surface area contributed by atoms with E-state index in [0.29, 0.717) is 6.54 Å². The number of hydrogen-bond donors (Lipinski definition) is 1. The average Bonchev–Trinajstić information content (AvgIpc) is 2.26. The van der Waals surface area contributed by atoms with E-state index in [2.05, 4.69) is 9.97 Å². The maximum atomic E-state index is 11.1. The summed E-state index contributed by atoms with van der Waals surface area (Å²) >= 11 is 5.65. The molecule has 0 fully saturated rings. The highest BCUT2D eigenvalue weighted by atomic mass is 35.5. The number of amides is 1. The summed E-state index contributed by atoms with van der Waals surface area (Å²) in [6.07, 6.45) is 1.01. The molecule has 0 unspecified atom stereocenters. The van der Waals surface area contributed by atoms with Crippen molar-refractivity contribution in [3.63, 3.8) is 0 Å². The molecule has 0 spiro atoms. The molecule has 1 aromatic heterocycles. The molecular formula is C10H14ClN5O3. The van der Waals surface area contributed by atoms with Gasteiger partial charge in [0, 0.05) is 6.54 Å². The molecule has 2 N–H and O–H groups in total. The Kier molecular flexibility index (Phi) is 4.99. The van der Waals surface area contributed by atoms with Gasteiger partial charge < -0.3 is 10.6 Å². The number of halogens is 1. The molecule has 0 aliphatic rings. The molecule has 0 aliphatic carbocycles. The number of aromatic nitrogens is 2. The molecule has 0 radical (unpaired) electrons. The summed E-state index contributed by atoms with van der Waals surface area (Å²) in [5.74, 6) is -0.449. The fourth-order valence-corrected chi connectivity index (χ4v) is 1.69. The molecule has 1 heterocycles. The number of carbonyl (C=O) groups excluding carboxylic acids is 1. The number of carbonyl (C=O) groups is 1. The zero-order valence-electron chi connectivity index (χ0n) is 10.5. The van der Waals surface area contributed by atoms with Crippen molar-refractivity contribution < 1.29 is 9.72 Å². The van der Waals surface area contributed by atoms with Crippen LogP contribution in [0, 0.1) is 16.0 Å². The van der Waals surface area contributed by atoms with Gasteiger partial charge in [0.1, 0.15) is 6.20 Å². The fourth-order valence-electron chi connectivity index (χ4n) is 1.56. The lowest BCUT2D eigenvalue weighted by Crippen LogP contribution is -2.37. The Morgan fingerprint density at radius 2 is 2.26 bits per heavy atom. The van der Waals surface area contributed by atoms with Gasteiger partial charge in [0.25, 0.3) is 0 Å². The summed E-state index contributed by atoms with van der Waals surface area (Å²) in [5, 5.41) is 10.8. The number of hydrogen-bond acceptors (Lipinski definition) is 6. The van der Waals surface area contributed by atoms with Crippen LogP contribution >= 0.6 is 11.6 Å². The first kappa shape index (κ1) is 15.1. The lowest BCUT2D eigenvalue weighted by Gasteiger charge is -2.23. The lowest BCUT2D eigenvalue weighted by molar-refractivity contribution is -0.384. The summed E-state index contributed by atoms with van der Waals surface area (Å²) in [4.78, 5) is 30.2. The Hall–Kier alpha value is -1.96. The minimum absolute atomic E-state index is 0.00231. The molecule has 0 saturated heterocycles. The normalized spacial score (nSPS) is 10.5. The molecule has 0 bridgehead atoms. The second-order valence-electron chi connectivity index (χ2n) is 4.35. The molecule has 1 aromatic rings. The number of anilines is 1. The maximum Gasteiger partial charge on any atom is 0.329 e. The fraction of sp³-hybridized carbons (Fsp3) is 0.500. The van der Waals surface area contributed by atoms with Crippen LogP contribution in [-0.2, 0) is 4.79 Å². The van der Waals surface area contributed by atoms with E-state index in [9.17, 15) is 14.9 Å². The molecule has 19 heavy (non-hydrogen) atoms. The number of rotatable bonds is 6. The Labute approximate surface area is 114 Å². The maximum absolute atomic E-state index is 11.1. The zero-order chi connectivity index (χ0) is 14.6. The Bertz CT molecular complexity index is 494. The molecule has 0 saturated carbocycles. The predicted octanol–water partition coefficient (Wildman–Crippen LogP) is 0.986. The minimum Gasteiger partial charge on any atom is -0.368 e. The summed E-state index contributed by atoms with van der Waals surface area (Å²) in [6.45, 7) is 4.02. The van der Waals surface area contributed by atoms with Crippen LogP contribution in [0.3, 0.4) is 0 Å². The van der Waals surface area contributed by atoms with Crippen molar-refractivity contribution in [3.8, 4) is 0 Å². The van der Waals surface area contributed by atoms with Crippen LogP contribution in [-0.4, -0.2) is 33.9 Å². The summed E-state index contributed by atoms with van der Waals surface area (Å²) in [5.41, 5.74) is 4.83. The second kappa shape index (κ2) is 6.28. The van der Waals surface area contributed by atoms with Gasteiger partial charge in [-0.05, 0) is 17.5 Å². The summed E-state index contributed by atoms with van der Waals surface area (Å²) in [6, 6.07) is 0. The number of nitrogens with two attached hydrogens (primary N) is 1. The molecular weight excluding hydrogens is 274 g/mol. The van der Waals surface area contributed by atoms with Crippen LogP contribution < -0.4 is 10.6 Å². The number of nitro groups is 1. The van der Waals surface area contributed by atoms with E-state index < -0.39 is 10.8 Å². The molecule has 1 amide bonds. The molecule has 0 aliphatic heterocycles. The van der Waals surface area contributed by atoms with Gasteiger partial charge in [0.05, 0.1) is 11.5 Å². The molecule has 1 rings (SSSR count). The van der Waals surface area contributed by atoms with Crippen LogP contribution in [0.5, 0.6) is 0 Å². The smallest absolute Gasteiger partial charge is 0.329 e. The summed E-state index contributed by atoms with van der Waals surface area (Å²) in [7, 11) is 0. The van der Waals surface area contributed by atoms with Crippen molar-refractivity contribution >= 4 is 29.0 Å². The topological polar surface area (TPSA) is 115 Å². The van der Waals surface area contributed by atoms with E-state index in [1.807, 2.05) is 13.8 Å². The van der Waals surface area contributed by atoms with E-state index in [4.69, 9.17) is 17.3 Å². The molecule has 8 nitrogen and oxygen atoms in total. The zero-order valence-corrected chi connectivity index (χ0v) is 11.3. The van der Waals surface area contributed by atoms with Gasteiger partial charge in [0.15, 0.2) is 0 Å². The average molecular weight is 288 g/mol.